The number of carbonyl (C=O) groups is 1. The van der Waals surface area contributed by atoms with Crippen LogP contribution in [0.15, 0.2) is 72.8 Å². The van der Waals surface area contributed by atoms with Crippen molar-refractivity contribution in [2.75, 3.05) is 79.8 Å². The Morgan fingerprint density at radius 2 is 1.59 bits per heavy atom. The largest absolute Gasteiger partial charge is 0.353 e. The molecule has 1 amide bonds. The third-order valence-corrected chi connectivity index (χ3v) is 8.87. The van der Waals surface area contributed by atoms with Gasteiger partial charge in [-0.05, 0) is 73.8 Å². The predicted octanol–water partition coefficient (Wildman–Crippen LogP) is 4.68. The van der Waals surface area contributed by atoms with Crippen LogP contribution in [0.25, 0.3) is 0 Å². The maximum atomic E-state index is 13.3. The molecular weight excluding hydrogens is 574 g/mol. The highest BCUT2D eigenvalue weighted by molar-refractivity contribution is 6.06. The van der Waals surface area contributed by atoms with Gasteiger partial charge in [-0.25, -0.2) is 0 Å². The first-order valence-corrected chi connectivity index (χ1v) is 16.4. The van der Waals surface area contributed by atoms with Crippen LogP contribution in [0.2, 0.25) is 0 Å². The van der Waals surface area contributed by atoms with E-state index in [0.717, 1.165) is 75.6 Å². The van der Waals surface area contributed by atoms with E-state index in [0.29, 0.717) is 36.5 Å². The van der Waals surface area contributed by atoms with E-state index in [4.69, 9.17) is 15.0 Å². The lowest BCUT2D eigenvalue weighted by Gasteiger charge is -2.32. The highest BCUT2D eigenvalue weighted by atomic mass is 16.2. The molecule has 2 aliphatic heterocycles. The maximum absolute atomic E-state index is 13.3. The van der Waals surface area contributed by atoms with Gasteiger partial charge in [-0.1, -0.05) is 48.5 Å². The van der Waals surface area contributed by atoms with Gasteiger partial charge < -0.3 is 25.3 Å². The molecule has 240 valence electrons. The summed E-state index contributed by atoms with van der Waals surface area (Å²) in [5.74, 6) is 1.77. The number of hydrogen-bond acceptors (Lipinski definition) is 9. The van der Waals surface area contributed by atoms with E-state index in [-0.39, 0.29) is 5.91 Å². The first-order chi connectivity index (χ1) is 22.4. The SMILES string of the molecule is CCN(C(=O)c1ccc(CNc2nc(NCCN3CCN(C)CC3)nc(N3CCc4ccccc4C3)n2)cc1)c1cccc(C)c1. The van der Waals surface area contributed by atoms with Crippen LogP contribution in [-0.4, -0.2) is 90.1 Å². The third-order valence-electron chi connectivity index (χ3n) is 8.87. The second-order valence-electron chi connectivity index (χ2n) is 12.2. The molecule has 0 aliphatic carbocycles. The van der Waals surface area contributed by atoms with E-state index in [1.165, 1.54) is 11.1 Å². The number of benzene rings is 3. The summed E-state index contributed by atoms with van der Waals surface area (Å²) in [5.41, 5.74) is 6.44. The van der Waals surface area contributed by atoms with Crippen molar-refractivity contribution in [3.05, 3.63) is 101 Å². The van der Waals surface area contributed by atoms with Crippen LogP contribution in [-0.2, 0) is 19.5 Å². The van der Waals surface area contributed by atoms with Gasteiger partial charge in [0, 0.05) is 76.7 Å². The Morgan fingerprint density at radius 1 is 0.848 bits per heavy atom. The molecule has 0 atom stereocenters. The second-order valence-corrected chi connectivity index (χ2v) is 12.2. The average molecular weight is 620 g/mol. The summed E-state index contributed by atoms with van der Waals surface area (Å²) in [4.78, 5) is 36.7. The van der Waals surface area contributed by atoms with Gasteiger partial charge in [0.25, 0.3) is 5.91 Å². The number of anilines is 4. The second kappa shape index (κ2) is 14.7. The Kier molecular flexibility index (Phi) is 10.0. The summed E-state index contributed by atoms with van der Waals surface area (Å²) >= 11 is 0. The Bertz CT molecular complexity index is 1620. The summed E-state index contributed by atoms with van der Waals surface area (Å²) in [5, 5.41) is 6.89. The number of amides is 1. The van der Waals surface area contributed by atoms with Gasteiger partial charge in [0.05, 0.1) is 0 Å². The first-order valence-electron chi connectivity index (χ1n) is 16.4. The van der Waals surface area contributed by atoms with E-state index in [1.807, 2.05) is 67.3 Å². The number of aromatic nitrogens is 3. The molecule has 3 heterocycles. The van der Waals surface area contributed by atoms with Crippen LogP contribution < -0.4 is 20.4 Å². The van der Waals surface area contributed by atoms with Gasteiger partial charge in [-0.15, -0.1) is 0 Å². The van der Waals surface area contributed by atoms with E-state index in [9.17, 15) is 4.79 Å². The van der Waals surface area contributed by atoms with E-state index in [2.05, 4.69) is 56.6 Å². The molecule has 0 spiro atoms. The number of carbonyl (C=O) groups excluding carboxylic acids is 1. The minimum absolute atomic E-state index is 0.00915. The summed E-state index contributed by atoms with van der Waals surface area (Å²) in [6.07, 6.45) is 0.960. The number of hydrogen-bond donors (Lipinski definition) is 2. The minimum atomic E-state index is -0.00915. The van der Waals surface area contributed by atoms with Gasteiger partial charge >= 0.3 is 0 Å². The highest BCUT2D eigenvalue weighted by Gasteiger charge is 2.21. The lowest BCUT2D eigenvalue weighted by molar-refractivity contribution is 0.0988. The number of nitrogens with zero attached hydrogens (tertiary/aromatic N) is 7. The van der Waals surface area contributed by atoms with Crippen LogP contribution in [0.5, 0.6) is 0 Å². The van der Waals surface area contributed by atoms with Crippen molar-refractivity contribution < 1.29 is 4.79 Å². The Labute approximate surface area is 272 Å². The monoisotopic (exact) mass is 619 g/mol. The van der Waals surface area contributed by atoms with Crippen molar-refractivity contribution in [2.45, 2.75) is 33.4 Å². The molecule has 2 aliphatic rings. The third kappa shape index (κ3) is 7.81. The highest BCUT2D eigenvalue weighted by Crippen LogP contribution is 2.24. The molecule has 10 nitrogen and oxygen atoms in total. The van der Waals surface area contributed by atoms with Gasteiger partial charge in [0.2, 0.25) is 17.8 Å². The molecule has 2 N–H and O–H groups in total. The number of likely N-dealkylation sites (N-methyl/N-ethyl adjacent to an activating group) is 1. The zero-order valence-corrected chi connectivity index (χ0v) is 27.2. The molecule has 1 saturated heterocycles. The van der Waals surface area contributed by atoms with Crippen LogP contribution in [0, 0.1) is 6.92 Å². The van der Waals surface area contributed by atoms with Crippen molar-refractivity contribution in [3.63, 3.8) is 0 Å². The quantitative estimate of drug-likeness (QED) is 0.248. The molecule has 3 aromatic carbocycles. The van der Waals surface area contributed by atoms with Gasteiger partial charge in [0.1, 0.15) is 0 Å². The van der Waals surface area contributed by atoms with Gasteiger partial charge in [-0.3, -0.25) is 9.69 Å². The number of aryl methyl sites for hydroxylation is 1. The molecule has 6 rings (SSSR count). The summed E-state index contributed by atoms with van der Waals surface area (Å²) in [7, 11) is 2.18. The lowest BCUT2D eigenvalue weighted by atomic mass is 10.0. The van der Waals surface area contributed by atoms with Crippen molar-refractivity contribution >= 4 is 29.4 Å². The fourth-order valence-corrected chi connectivity index (χ4v) is 6.07. The van der Waals surface area contributed by atoms with Crippen LogP contribution in [0.4, 0.5) is 23.5 Å². The van der Waals surface area contributed by atoms with Gasteiger partial charge in [0.15, 0.2) is 0 Å². The summed E-state index contributed by atoms with van der Waals surface area (Å²) in [6, 6.07) is 24.4. The zero-order chi connectivity index (χ0) is 31.9. The first kappa shape index (κ1) is 31.4. The van der Waals surface area contributed by atoms with E-state index < -0.39 is 0 Å². The molecule has 46 heavy (non-hydrogen) atoms. The molecular formula is C36H45N9O. The normalized spacial score (nSPS) is 15.3. The molecule has 4 aromatic rings. The topological polar surface area (TPSA) is 92.8 Å². The fraction of sp³-hybridized carbons (Fsp3) is 0.389. The Morgan fingerprint density at radius 3 is 2.33 bits per heavy atom. The molecule has 0 bridgehead atoms. The number of fused-ring (bicyclic) bond motifs is 1. The molecule has 1 aromatic heterocycles. The number of rotatable bonds is 11. The van der Waals surface area contributed by atoms with E-state index >= 15 is 0 Å². The molecule has 0 saturated carbocycles. The Hall–Kier alpha value is -4.54. The molecule has 0 unspecified atom stereocenters. The zero-order valence-electron chi connectivity index (χ0n) is 27.2. The smallest absolute Gasteiger partial charge is 0.258 e. The summed E-state index contributed by atoms with van der Waals surface area (Å²) < 4.78 is 0. The van der Waals surface area contributed by atoms with Crippen LogP contribution in [0.3, 0.4) is 0 Å². The Balaban J connectivity index is 1.14. The fourth-order valence-electron chi connectivity index (χ4n) is 6.07. The van der Waals surface area contributed by atoms with Crippen LogP contribution >= 0.6 is 0 Å². The number of piperazine rings is 1. The van der Waals surface area contributed by atoms with Crippen molar-refractivity contribution in [1.29, 1.82) is 0 Å². The molecule has 1 fully saturated rings. The van der Waals surface area contributed by atoms with E-state index in [1.54, 1.807) is 0 Å². The average Bonchev–Trinajstić information content (AvgIpc) is 3.08. The van der Waals surface area contributed by atoms with Crippen molar-refractivity contribution in [1.82, 2.24) is 24.8 Å². The number of nitrogens with one attached hydrogen (secondary N) is 2. The minimum Gasteiger partial charge on any atom is -0.353 e. The van der Waals surface area contributed by atoms with Crippen LogP contribution in [0.1, 0.15) is 39.5 Å². The summed E-state index contributed by atoms with van der Waals surface area (Å²) in [6.45, 7) is 12.8. The van der Waals surface area contributed by atoms with Gasteiger partial charge in [-0.2, -0.15) is 15.0 Å². The van der Waals surface area contributed by atoms with Crippen molar-refractivity contribution in [3.8, 4) is 0 Å². The molecule has 0 radical (unpaired) electrons. The predicted molar refractivity (Wildman–Crippen MR) is 186 cm³/mol. The maximum Gasteiger partial charge on any atom is 0.258 e. The standard InChI is InChI=1S/C36H45N9O/c1-4-45(32-11-7-8-27(2)24-32)33(46)30-14-12-28(13-15-30)25-38-35-39-34(37-17-19-43-22-20-42(3)21-23-43)40-36(41-35)44-18-16-29-9-5-6-10-31(29)26-44/h5-15,24H,4,16-23,25-26H2,1-3H3,(H2,37,38,39,40,41). The van der Waals surface area contributed by atoms with Crippen molar-refractivity contribution in [2.24, 2.45) is 0 Å². The molecule has 10 heteroatoms. The lowest BCUT2D eigenvalue weighted by Crippen LogP contribution is -2.45.